The molecule has 0 aliphatic carbocycles. The van der Waals surface area contributed by atoms with Crippen molar-refractivity contribution in [2.45, 2.75) is 17.9 Å². The highest BCUT2D eigenvalue weighted by Gasteiger charge is 2.31. The minimum atomic E-state index is -3.75. The van der Waals surface area contributed by atoms with Crippen molar-refractivity contribution in [3.05, 3.63) is 88.9 Å². The molecule has 2 aliphatic heterocycles. The number of amides is 1. The summed E-state index contributed by atoms with van der Waals surface area (Å²) in [6.45, 7) is 3.98. The summed E-state index contributed by atoms with van der Waals surface area (Å²) >= 11 is 6.37. The molecule has 0 saturated carbocycles. The monoisotopic (exact) mass is 525 g/mol. The van der Waals surface area contributed by atoms with Crippen LogP contribution in [-0.4, -0.2) is 63.5 Å². The van der Waals surface area contributed by atoms with Crippen molar-refractivity contribution in [3.8, 4) is 5.75 Å². The standard InChI is InChI=1S/C27H28ClN3O4S/c28-24-18-23(36(33,34)31-13-12-22-8-4-5-9-25(22)31)10-11-26(24)35-20-27(32)30-16-14-29(15-17-30)19-21-6-2-1-3-7-21/h1-11,18H,12-17,19-20H2. The van der Waals surface area contributed by atoms with Crippen molar-refractivity contribution in [1.82, 2.24) is 9.80 Å². The maximum absolute atomic E-state index is 13.2. The Kier molecular flexibility index (Phi) is 7.18. The first-order chi connectivity index (χ1) is 17.4. The number of ether oxygens (including phenoxy) is 1. The van der Waals surface area contributed by atoms with E-state index in [1.807, 2.05) is 42.5 Å². The lowest BCUT2D eigenvalue weighted by molar-refractivity contribution is -0.135. The van der Waals surface area contributed by atoms with Crippen molar-refractivity contribution in [1.29, 1.82) is 0 Å². The van der Waals surface area contributed by atoms with Gasteiger partial charge < -0.3 is 9.64 Å². The molecule has 7 nitrogen and oxygen atoms in total. The second-order valence-electron chi connectivity index (χ2n) is 8.98. The van der Waals surface area contributed by atoms with E-state index in [2.05, 4.69) is 17.0 Å². The lowest BCUT2D eigenvalue weighted by atomic mass is 10.2. The zero-order valence-corrected chi connectivity index (χ0v) is 21.4. The van der Waals surface area contributed by atoms with Crippen LogP contribution in [0.15, 0.2) is 77.7 Å². The van der Waals surface area contributed by atoms with E-state index in [1.165, 1.54) is 28.1 Å². The Labute approximate surface area is 216 Å². The van der Waals surface area contributed by atoms with Crippen LogP contribution in [0, 0.1) is 0 Å². The largest absolute Gasteiger partial charge is 0.482 e. The quantitative estimate of drug-likeness (QED) is 0.469. The van der Waals surface area contributed by atoms with E-state index in [-0.39, 0.29) is 28.2 Å². The Morgan fingerprint density at radius 3 is 2.36 bits per heavy atom. The highest BCUT2D eigenvalue weighted by atomic mass is 35.5. The summed E-state index contributed by atoms with van der Waals surface area (Å²) in [6.07, 6.45) is 0.674. The molecule has 9 heteroatoms. The summed E-state index contributed by atoms with van der Waals surface area (Å²) in [5.41, 5.74) is 2.96. The van der Waals surface area contributed by atoms with Gasteiger partial charge in [0.25, 0.3) is 15.9 Å². The van der Waals surface area contributed by atoms with Gasteiger partial charge in [0.05, 0.1) is 15.6 Å². The molecule has 0 bridgehead atoms. The number of anilines is 1. The Balaban J connectivity index is 1.16. The number of carbonyl (C=O) groups is 1. The van der Waals surface area contributed by atoms with Gasteiger partial charge in [-0.2, -0.15) is 0 Å². The summed E-state index contributed by atoms with van der Waals surface area (Å²) in [4.78, 5) is 16.9. The van der Waals surface area contributed by atoms with Crippen LogP contribution in [0.3, 0.4) is 0 Å². The van der Waals surface area contributed by atoms with E-state index in [0.29, 0.717) is 31.7 Å². The van der Waals surface area contributed by atoms with Crippen LogP contribution in [0.4, 0.5) is 5.69 Å². The van der Waals surface area contributed by atoms with Crippen molar-refractivity contribution in [2.24, 2.45) is 0 Å². The van der Waals surface area contributed by atoms with E-state index in [4.69, 9.17) is 16.3 Å². The van der Waals surface area contributed by atoms with Gasteiger partial charge in [-0.1, -0.05) is 60.1 Å². The number of carbonyl (C=O) groups excluding carboxylic acids is 1. The first-order valence-corrected chi connectivity index (χ1v) is 13.8. The number of nitrogens with zero attached hydrogens (tertiary/aromatic N) is 3. The van der Waals surface area contributed by atoms with Crippen molar-refractivity contribution in [2.75, 3.05) is 43.6 Å². The van der Waals surface area contributed by atoms with Gasteiger partial charge in [0.15, 0.2) is 6.61 Å². The van der Waals surface area contributed by atoms with Gasteiger partial charge in [0.2, 0.25) is 0 Å². The highest BCUT2D eigenvalue weighted by Crippen LogP contribution is 2.35. The van der Waals surface area contributed by atoms with Gasteiger partial charge in [0, 0.05) is 39.3 Å². The molecule has 1 saturated heterocycles. The molecule has 36 heavy (non-hydrogen) atoms. The number of hydrogen-bond donors (Lipinski definition) is 0. The van der Waals surface area contributed by atoms with E-state index < -0.39 is 10.0 Å². The number of rotatable bonds is 7. The molecule has 188 valence electrons. The number of halogens is 1. The molecule has 3 aromatic carbocycles. The van der Waals surface area contributed by atoms with Crippen LogP contribution in [0.5, 0.6) is 5.75 Å². The Bertz CT molecular complexity index is 1340. The van der Waals surface area contributed by atoms with Crippen LogP contribution in [0.25, 0.3) is 0 Å². The van der Waals surface area contributed by atoms with Crippen LogP contribution in [-0.2, 0) is 27.8 Å². The third-order valence-electron chi connectivity index (χ3n) is 6.66. The normalized spacial score (nSPS) is 16.1. The van der Waals surface area contributed by atoms with Crippen molar-refractivity contribution in [3.63, 3.8) is 0 Å². The van der Waals surface area contributed by atoms with Gasteiger partial charge >= 0.3 is 0 Å². The number of sulfonamides is 1. The second-order valence-corrected chi connectivity index (χ2v) is 11.2. The number of para-hydroxylation sites is 1. The average molecular weight is 526 g/mol. The summed E-state index contributed by atoms with van der Waals surface area (Å²) in [5, 5.41) is 0.157. The van der Waals surface area contributed by atoms with Gasteiger partial charge in [-0.3, -0.25) is 14.0 Å². The van der Waals surface area contributed by atoms with Gasteiger partial charge in [-0.15, -0.1) is 0 Å². The molecule has 1 fully saturated rings. The maximum Gasteiger partial charge on any atom is 0.264 e. The topological polar surface area (TPSA) is 70.2 Å². The first kappa shape index (κ1) is 24.6. The number of benzene rings is 3. The molecular weight excluding hydrogens is 498 g/mol. The second kappa shape index (κ2) is 10.5. The average Bonchev–Trinajstić information content (AvgIpc) is 3.34. The molecule has 0 radical (unpaired) electrons. The molecule has 0 atom stereocenters. The van der Waals surface area contributed by atoms with Crippen LogP contribution < -0.4 is 9.04 Å². The van der Waals surface area contributed by atoms with Crippen molar-refractivity contribution >= 4 is 33.2 Å². The first-order valence-electron chi connectivity index (χ1n) is 12.0. The van der Waals surface area contributed by atoms with Gasteiger partial charge in [0.1, 0.15) is 5.75 Å². The zero-order chi connectivity index (χ0) is 25.1. The molecule has 1 amide bonds. The molecule has 2 aliphatic rings. The van der Waals surface area contributed by atoms with Gasteiger partial charge in [-0.05, 0) is 41.8 Å². The Morgan fingerprint density at radius 1 is 0.889 bits per heavy atom. The lowest BCUT2D eigenvalue weighted by Gasteiger charge is -2.34. The van der Waals surface area contributed by atoms with E-state index in [1.54, 1.807) is 4.90 Å². The number of piperazine rings is 1. The predicted octanol–water partition coefficient (Wildman–Crippen LogP) is 3.81. The summed E-state index contributed by atoms with van der Waals surface area (Å²) in [6, 6.07) is 22.2. The smallest absolute Gasteiger partial charge is 0.264 e. The van der Waals surface area contributed by atoms with E-state index in [0.717, 1.165) is 25.2 Å². The fourth-order valence-corrected chi connectivity index (χ4v) is 6.50. The Hall–Kier alpha value is -3.07. The molecule has 0 spiro atoms. The molecule has 0 N–H and O–H groups in total. The van der Waals surface area contributed by atoms with Crippen LogP contribution >= 0.6 is 11.6 Å². The fourth-order valence-electron chi connectivity index (χ4n) is 4.67. The van der Waals surface area contributed by atoms with Crippen molar-refractivity contribution < 1.29 is 17.9 Å². The third-order valence-corrected chi connectivity index (χ3v) is 8.77. The van der Waals surface area contributed by atoms with E-state index >= 15 is 0 Å². The molecule has 0 unspecified atom stereocenters. The third kappa shape index (κ3) is 5.21. The maximum atomic E-state index is 13.2. The number of fused-ring (bicyclic) bond motifs is 1. The molecule has 3 aromatic rings. The summed E-state index contributed by atoms with van der Waals surface area (Å²) in [5.74, 6) is 0.171. The SMILES string of the molecule is O=C(COc1ccc(S(=O)(=O)N2CCc3ccccc32)cc1Cl)N1CCN(Cc2ccccc2)CC1. The Morgan fingerprint density at radius 2 is 1.61 bits per heavy atom. The molecule has 0 aromatic heterocycles. The minimum Gasteiger partial charge on any atom is -0.482 e. The number of hydrogen-bond acceptors (Lipinski definition) is 5. The lowest BCUT2D eigenvalue weighted by Crippen LogP contribution is -2.49. The van der Waals surface area contributed by atoms with E-state index in [9.17, 15) is 13.2 Å². The summed E-state index contributed by atoms with van der Waals surface area (Å²) in [7, 11) is -3.75. The zero-order valence-electron chi connectivity index (χ0n) is 19.8. The predicted molar refractivity (Wildman–Crippen MR) is 140 cm³/mol. The van der Waals surface area contributed by atoms with Crippen LogP contribution in [0.2, 0.25) is 5.02 Å². The molecule has 2 heterocycles. The van der Waals surface area contributed by atoms with Gasteiger partial charge in [-0.25, -0.2) is 8.42 Å². The van der Waals surface area contributed by atoms with Crippen LogP contribution in [0.1, 0.15) is 11.1 Å². The summed E-state index contributed by atoms with van der Waals surface area (Å²) < 4.78 is 33.6. The molecule has 5 rings (SSSR count). The fraction of sp³-hybridized carbons (Fsp3) is 0.296. The molecular formula is C27H28ClN3O4S. The highest BCUT2D eigenvalue weighted by molar-refractivity contribution is 7.92. The minimum absolute atomic E-state index is 0.0948.